The van der Waals surface area contributed by atoms with Gasteiger partial charge in [-0.2, -0.15) is 0 Å². The van der Waals surface area contributed by atoms with Gasteiger partial charge in [0.05, 0.1) is 11.7 Å². The molecule has 1 aliphatic heterocycles. The van der Waals surface area contributed by atoms with Crippen molar-refractivity contribution in [2.45, 2.75) is 46.1 Å². The summed E-state index contributed by atoms with van der Waals surface area (Å²) in [7, 11) is 0. The third-order valence-corrected chi connectivity index (χ3v) is 4.42. The van der Waals surface area contributed by atoms with Crippen molar-refractivity contribution in [2.75, 3.05) is 13.1 Å². The van der Waals surface area contributed by atoms with E-state index >= 15 is 0 Å². The predicted octanol–water partition coefficient (Wildman–Crippen LogP) is 2.53. The molecule has 0 N–H and O–H groups in total. The molecule has 0 radical (unpaired) electrons. The van der Waals surface area contributed by atoms with Crippen molar-refractivity contribution in [2.24, 2.45) is 0 Å². The number of piperidine rings is 1. The van der Waals surface area contributed by atoms with Crippen LogP contribution in [0.3, 0.4) is 0 Å². The highest BCUT2D eigenvalue weighted by Gasteiger charge is 2.29. The molecule has 3 heterocycles. The molecule has 3 rings (SSSR count). The number of nitrogens with zero attached hydrogens (tertiary/aromatic N) is 4. The highest BCUT2D eigenvalue weighted by Crippen LogP contribution is 2.25. The molecular weight excluding hydrogens is 280 g/mol. The number of carbonyl (C=O) groups is 1. The van der Waals surface area contributed by atoms with Gasteiger partial charge in [-0.3, -0.25) is 4.79 Å². The number of aryl methyl sites for hydroxylation is 3. The minimum Gasteiger partial charge on any atom is -0.361 e. The molecule has 1 atom stereocenters. The third-order valence-electron chi connectivity index (χ3n) is 4.42. The summed E-state index contributed by atoms with van der Waals surface area (Å²) in [4.78, 5) is 19.1. The number of aromatic nitrogens is 3. The van der Waals surface area contributed by atoms with E-state index in [1.165, 1.54) is 0 Å². The van der Waals surface area contributed by atoms with Gasteiger partial charge in [0, 0.05) is 25.5 Å². The molecule has 118 valence electrons. The fraction of sp³-hybridized carbons (Fsp3) is 0.562. The molecule has 0 saturated carbocycles. The van der Waals surface area contributed by atoms with Crippen LogP contribution < -0.4 is 0 Å². The number of rotatable bonds is 3. The normalized spacial score (nSPS) is 18.7. The lowest BCUT2D eigenvalue weighted by molar-refractivity contribution is 0.0675. The fourth-order valence-corrected chi connectivity index (χ4v) is 3.23. The molecule has 2 aromatic rings. The number of amides is 1. The lowest BCUT2D eigenvalue weighted by Gasteiger charge is -2.34. The molecule has 1 aliphatic rings. The molecule has 0 bridgehead atoms. The van der Waals surface area contributed by atoms with Crippen LogP contribution >= 0.6 is 0 Å². The van der Waals surface area contributed by atoms with E-state index < -0.39 is 0 Å². The average Bonchev–Trinajstić information content (AvgIpc) is 3.12. The number of hydrogen-bond acceptors (Lipinski definition) is 4. The van der Waals surface area contributed by atoms with Gasteiger partial charge in [0.15, 0.2) is 0 Å². The Hall–Kier alpha value is -2.11. The lowest BCUT2D eigenvalue weighted by Crippen LogP contribution is -2.41. The maximum atomic E-state index is 12.9. The fourth-order valence-electron chi connectivity index (χ4n) is 3.23. The Morgan fingerprint density at radius 2 is 2.27 bits per heavy atom. The van der Waals surface area contributed by atoms with Gasteiger partial charge in [-0.25, -0.2) is 4.98 Å². The van der Waals surface area contributed by atoms with Crippen LogP contribution in [0.15, 0.2) is 16.9 Å². The molecule has 22 heavy (non-hydrogen) atoms. The maximum Gasteiger partial charge on any atom is 0.259 e. The Kier molecular flexibility index (Phi) is 4.00. The van der Waals surface area contributed by atoms with Crippen molar-refractivity contribution in [1.82, 2.24) is 19.6 Å². The minimum atomic E-state index is 0.0399. The summed E-state index contributed by atoms with van der Waals surface area (Å²) in [5.41, 5.74) is 1.40. The maximum absolute atomic E-state index is 12.9. The third kappa shape index (κ3) is 2.53. The summed E-state index contributed by atoms with van der Waals surface area (Å²) in [6, 6.07) is 0.297. The van der Waals surface area contributed by atoms with E-state index in [0.29, 0.717) is 30.3 Å². The average molecular weight is 302 g/mol. The van der Waals surface area contributed by atoms with Gasteiger partial charge >= 0.3 is 0 Å². The predicted molar refractivity (Wildman–Crippen MR) is 81.8 cm³/mol. The summed E-state index contributed by atoms with van der Waals surface area (Å²) in [6.07, 6.45) is 6.59. The zero-order chi connectivity index (χ0) is 15.7. The Morgan fingerprint density at radius 3 is 2.95 bits per heavy atom. The number of likely N-dealkylation sites (tertiary alicyclic amines) is 1. The summed E-state index contributed by atoms with van der Waals surface area (Å²) in [5.74, 6) is 1.65. The van der Waals surface area contributed by atoms with Crippen molar-refractivity contribution in [3.8, 4) is 0 Å². The smallest absolute Gasteiger partial charge is 0.259 e. The Labute approximate surface area is 130 Å². The number of hydrogen-bond donors (Lipinski definition) is 0. The van der Waals surface area contributed by atoms with Gasteiger partial charge in [0.25, 0.3) is 5.91 Å². The summed E-state index contributed by atoms with van der Waals surface area (Å²) < 4.78 is 7.37. The van der Waals surface area contributed by atoms with Gasteiger partial charge in [0.1, 0.15) is 17.1 Å². The van der Waals surface area contributed by atoms with Crippen LogP contribution in [0.4, 0.5) is 0 Å². The van der Waals surface area contributed by atoms with Crippen molar-refractivity contribution < 1.29 is 9.32 Å². The van der Waals surface area contributed by atoms with E-state index in [2.05, 4.69) is 14.7 Å². The Morgan fingerprint density at radius 1 is 1.45 bits per heavy atom. The molecule has 1 fully saturated rings. The van der Waals surface area contributed by atoms with E-state index in [0.717, 1.165) is 30.9 Å². The number of carbonyl (C=O) groups excluding carboxylic acids is 1. The second kappa shape index (κ2) is 5.94. The Balaban J connectivity index is 1.81. The molecule has 2 aromatic heterocycles. The highest BCUT2D eigenvalue weighted by atomic mass is 16.5. The van der Waals surface area contributed by atoms with Crippen molar-refractivity contribution in [1.29, 1.82) is 0 Å². The van der Waals surface area contributed by atoms with Crippen LogP contribution in [0.5, 0.6) is 0 Å². The first-order valence-electron chi connectivity index (χ1n) is 7.85. The first-order valence-corrected chi connectivity index (χ1v) is 7.85. The van der Waals surface area contributed by atoms with Gasteiger partial charge in [-0.1, -0.05) is 12.1 Å². The van der Waals surface area contributed by atoms with E-state index in [9.17, 15) is 4.79 Å². The SMILES string of the molecule is CCc1noc(C)c1C(=O)N1CCC[C@H](n2ccnc2C)C1. The van der Waals surface area contributed by atoms with Gasteiger partial charge in [0.2, 0.25) is 0 Å². The van der Waals surface area contributed by atoms with E-state index in [4.69, 9.17) is 4.52 Å². The van der Waals surface area contributed by atoms with Gasteiger partial charge in [-0.15, -0.1) is 0 Å². The zero-order valence-electron chi connectivity index (χ0n) is 13.4. The van der Waals surface area contributed by atoms with Crippen LogP contribution in [0, 0.1) is 13.8 Å². The molecule has 0 aromatic carbocycles. The van der Waals surface area contributed by atoms with E-state index in [1.54, 1.807) is 6.92 Å². The largest absolute Gasteiger partial charge is 0.361 e. The monoisotopic (exact) mass is 302 g/mol. The molecule has 6 nitrogen and oxygen atoms in total. The molecule has 6 heteroatoms. The molecule has 1 amide bonds. The molecule has 0 unspecified atom stereocenters. The van der Waals surface area contributed by atoms with Crippen LogP contribution in [0.2, 0.25) is 0 Å². The second-order valence-corrected chi connectivity index (χ2v) is 5.84. The Bertz CT molecular complexity index is 673. The summed E-state index contributed by atoms with van der Waals surface area (Å²) >= 11 is 0. The second-order valence-electron chi connectivity index (χ2n) is 5.84. The van der Waals surface area contributed by atoms with Crippen molar-refractivity contribution >= 4 is 5.91 Å². The van der Waals surface area contributed by atoms with Crippen molar-refractivity contribution in [3.05, 3.63) is 35.2 Å². The zero-order valence-corrected chi connectivity index (χ0v) is 13.4. The quantitative estimate of drug-likeness (QED) is 0.874. The van der Waals surface area contributed by atoms with Gasteiger partial charge < -0.3 is 14.0 Å². The van der Waals surface area contributed by atoms with Crippen molar-refractivity contribution in [3.63, 3.8) is 0 Å². The summed E-state index contributed by atoms with van der Waals surface area (Å²) in [5, 5.41) is 4.00. The van der Waals surface area contributed by atoms with E-state index in [1.807, 2.05) is 31.1 Å². The van der Waals surface area contributed by atoms with Crippen LogP contribution in [-0.4, -0.2) is 38.6 Å². The first kappa shape index (κ1) is 14.8. The van der Waals surface area contributed by atoms with Crippen LogP contribution in [-0.2, 0) is 6.42 Å². The minimum absolute atomic E-state index is 0.0399. The highest BCUT2D eigenvalue weighted by molar-refractivity contribution is 5.96. The molecule has 1 saturated heterocycles. The molecular formula is C16H22N4O2. The molecule has 0 spiro atoms. The van der Waals surface area contributed by atoms with Gasteiger partial charge in [-0.05, 0) is 33.1 Å². The summed E-state index contributed by atoms with van der Waals surface area (Å²) in [6.45, 7) is 7.30. The lowest BCUT2D eigenvalue weighted by atomic mass is 10.0. The molecule has 0 aliphatic carbocycles. The first-order chi connectivity index (χ1) is 10.6. The topological polar surface area (TPSA) is 64.2 Å². The standard InChI is InChI=1S/C16H22N4O2/c1-4-14-15(11(2)22-18-14)16(21)19-8-5-6-13(10-19)20-9-7-17-12(20)3/h7,9,13H,4-6,8,10H2,1-3H3/t13-/m0/s1. The number of imidazole rings is 1. The van der Waals surface area contributed by atoms with Crippen LogP contribution in [0.25, 0.3) is 0 Å². The van der Waals surface area contributed by atoms with Crippen LogP contribution in [0.1, 0.15) is 53.4 Å². The van der Waals surface area contributed by atoms with E-state index in [-0.39, 0.29) is 5.91 Å².